The maximum Gasteiger partial charge on any atom is 0.306 e. The number of carbonyl (C=O) groups excluding carboxylic acids is 3. The fourth-order valence-corrected chi connectivity index (χ4v) is 6.89. The van der Waals surface area contributed by atoms with Crippen molar-refractivity contribution in [3.8, 4) is 0 Å². The maximum absolute atomic E-state index is 12.8. The van der Waals surface area contributed by atoms with Crippen molar-refractivity contribution in [3.05, 3.63) is 109 Å². The predicted octanol–water partition coefficient (Wildman–Crippen LogP) is 17.5. The molecule has 0 aliphatic heterocycles. The highest BCUT2D eigenvalue weighted by Crippen LogP contribution is 2.13. The Morgan fingerprint density at radius 1 is 0.338 bits per heavy atom. The van der Waals surface area contributed by atoms with Gasteiger partial charge in [-0.2, -0.15) is 0 Å². The minimum atomic E-state index is -0.804. The molecule has 0 saturated heterocycles. The molecule has 0 aromatic heterocycles. The van der Waals surface area contributed by atoms with Crippen LogP contribution in [0.5, 0.6) is 0 Å². The Hall–Kier alpha value is -3.93. The van der Waals surface area contributed by atoms with E-state index in [9.17, 15) is 14.4 Å². The molecule has 6 heteroatoms. The monoisotopic (exact) mass is 901 g/mol. The fraction of sp³-hybridized carbons (Fsp3) is 0.644. The van der Waals surface area contributed by atoms with Gasteiger partial charge < -0.3 is 14.2 Å². The SMILES string of the molecule is CC/C=C\C/C=C\C/C=C\C/C=C\C/C=C\CCCCCC(=O)OCC(COC(=O)CCCCCCCCCCCC)OC(=O)CCCCCCC\C=C/C=C\C=C/C=C\CCCCC. The minimum absolute atomic E-state index is 0.0992. The van der Waals surface area contributed by atoms with Crippen molar-refractivity contribution < 1.29 is 28.6 Å². The third-order valence-corrected chi connectivity index (χ3v) is 10.9. The third kappa shape index (κ3) is 50.9. The van der Waals surface area contributed by atoms with Crippen LogP contribution in [-0.4, -0.2) is 37.2 Å². The number of esters is 3. The van der Waals surface area contributed by atoms with E-state index in [4.69, 9.17) is 14.2 Å². The summed E-state index contributed by atoms with van der Waals surface area (Å²) in [6.07, 6.45) is 70.7. The van der Waals surface area contributed by atoms with Crippen LogP contribution in [0.3, 0.4) is 0 Å². The Morgan fingerprint density at radius 2 is 0.662 bits per heavy atom. The third-order valence-electron chi connectivity index (χ3n) is 10.9. The largest absolute Gasteiger partial charge is 0.462 e. The molecule has 0 radical (unpaired) electrons. The summed E-state index contributed by atoms with van der Waals surface area (Å²) in [6.45, 7) is 6.41. The number of ether oxygens (including phenoxy) is 3. The first-order valence-electron chi connectivity index (χ1n) is 26.4. The summed E-state index contributed by atoms with van der Waals surface area (Å²) in [4.78, 5) is 38.0. The van der Waals surface area contributed by atoms with Gasteiger partial charge in [0, 0.05) is 19.3 Å². The Morgan fingerprint density at radius 3 is 1.12 bits per heavy atom. The molecular weight excluding hydrogens is 805 g/mol. The summed E-state index contributed by atoms with van der Waals surface area (Å²) >= 11 is 0. The average molecular weight is 901 g/mol. The molecule has 1 unspecified atom stereocenters. The number of rotatable bonds is 46. The normalized spacial score (nSPS) is 13.0. The van der Waals surface area contributed by atoms with Crippen molar-refractivity contribution in [2.24, 2.45) is 0 Å². The summed E-state index contributed by atoms with van der Waals surface area (Å²) < 4.78 is 16.7. The quantitative estimate of drug-likeness (QED) is 0.0199. The van der Waals surface area contributed by atoms with E-state index in [2.05, 4.69) is 130 Å². The number of carbonyl (C=O) groups is 3. The average Bonchev–Trinajstić information content (AvgIpc) is 3.30. The van der Waals surface area contributed by atoms with Gasteiger partial charge in [-0.1, -0.05) is 226 Å². The van der Waals surface area contributed by atoms with Crippen LogP contribution in [0.2, 0.25) is 0 Å². The summed E-state index contributed by atoms with van der Waals surface area (Å²) in [5.74, 6) is -0.961. The summed E-state index contributed by atoms with van der Waals surface area (Å²) in [5.41, 5.74) is 0. The molecule has 0 saturated carbocycles. The predicted molar refractivity (Wildman–Crippen MR) is 279 cm³/mol. The molecule has 0 fully saturated rings. The van der Waals surface area contributed by atoms with Gasteiger partial charge in [0.25, 0.3) is 0 Å². The number of allylic oxidation sites excluding steroid dienone is 18. The second kappa shape index (κ2) is 52.7. The topological polar surface area (TPSA) is 78.9 Å². The highest BCUT2D eigenvalue weighted by atomic mass is 16.6. The van der Waals surface area contributed by atoms with E-state index in [0.29, 0.717) is 19.3 Å². The number of hydrogen-bond donors (Lipinski definition) is 0. The van der Waals surface area contributed by atoms with Crippen molar-refractivity contribution >= 4 is 17.9 Å². The first-order chi connectivity index (χ1) is 32.0. The first kappa shape index (κ1) is 61.1. The summed E-state index contributed by atoms with van der Waals surface area (Å²) in [6, 6.07) is 0. The molecule has 0 spiro atoms. The molecule has 0 heterocycles. The summed E-state index contributed by atoms with van der Waals surface area (Å²) in [5, 5.41) is 0. The van der Waals surface area contributed by atoms with Crippen molar-refractivity contribution in [3.63, 3.8) is 0 Å². The van der Waals surface area contributed by atoms with Crippen LogP contribution >= 0.6 is 0 Å². The van der Waals surface area contributed by atoms with Gasteiger partial charge in [-0.25, -0.2) is 0 Å². The van der Waals surface area contributed by atoms with Crippen LogP contribution in [0.25, 0.3) is 0 Å². The van der Waals surface area contributed by atoms with Crippen LogP contribution in [-0.2, 0) is 28.6 Å². The van der Waals surface area contributed by atoms with Gasteiger partial charge in [-0.3, -0.25) is 14.4 Å². The molecular formula is C59H96O6. The zero-order valence-corrected chi connectivity index (χ0v) is 42.0. The van der Waals surface area contributed by atoms with E-state index in [1.165, 1.54) is 64.2 Å². The van der Waals surface area contributed by atoms with Gasteiger partial charge in [-0.05, 0) is 89.9 Å². The number of hydrogen-bond acceptors (Lipinski definition) is 6. The van der Waals surface area contributed by atoms with Crippen LogP contribution < -0.4 is 0 Å². The molecule has 0 aliphatic rings. The zero-order valence-electron chi connectivity index (χ0n) is 42.0. The van der Waals surface area contributed by atoms with Gasteiger partial charge >= 0.3 is 17.9 Å². The molecule has 6 nitrogen and oxygen atoms in total. The van der Waals surface area contributed by atoms with Crippen molar-refractivity contribution in [1.82, 2.24) is 0 Å². The lowest BCUT2D eigenvalue weighted by molar-refractivity contribution is -0.167. The van der Waals surface area contributed by atoms with Crippen LogP contribution in [0.4, 0.5) is 0 Å². The van der Waals surface area contributed by atoms with Gasteiger partial charge in [-0.15, -0.1) is 0 Å². The highest BCUT2D eigenvalue weighted by molar-refractivity contribution is 5.71. The zero-order chi connectivity index (χ0) is 47.2. The Bertz CT molecular complexity index is 1360. The Kier molecular flexibility index (Phi) is 49.5. The standard InChI is InChI=1S/C59H96O6/c1-4-7-10-13-16-19-22-24-26-28-30-32-33-35-37-40-43-46-49-52-58(61)64-55-56(54-63-57(60)51-48-45-42-39-21-18-15-12-9-6-3)65-59(62)53-50-47-44-41-38-36-34-31-29-27-25-23-20-17-14-11-8-5-2/h7,10,16-17,19-20,23-27,29-32,34-35,37,56H,4-6,8-9,11-15,18,21-22,28,33,36,38-55H2,1-3H3/b10-7-,19-16-,20-17-,25-23-,26-24-,29-27-,32-30-,34-31-,37-35-. The molecule has 0 rings (SSSR count). The van der Waals surface area contributed by atoms with E-state index < -0.39 is 6.10 Å². The molecule has 0 bridgehead atoms. The van der Waals surface area contributed by atoms with E-state index >= 15 is 0 Å². The van der Waals surface area contributed by atoms with E-state index in [-0.39, 0.29) is 31.1 Å². The smallest absolute Gasteiger partial charge is 0.306 e. The molecule has 0 aromatic carbocycles. The number of unbranched alkanes of at least 4 members (excludes halogenated alkanes) is 20. The van der Waals surface area contributed by atoms with Gasteiger partial charge in [0.15, 0.2) is 6.10 Å². The fourth-order valence-electron chi connectivity index (χ4n) is 6.89. The molecule has 0 aliphatic carbocycles. The second-order valence-electron chi connectivity index (χ2n) is 17.1. The van der Waals surface area contributed by atoms with Crippen molar-refractivity contribution in [2.45, 2.75) is 232 Å². The van der Waals surface area contributed by atoms with Gasteiger partial charge in [0.05, 0.1) is 0 Å². The Balaban J connectivity index is 4.48. The maximum atomic E-state index is 12.8. The van der Waals surface area contributed by atoms with Gasteiger partial charge in [0.2, 0.25) is 0 Å². The van der Waals surface area contributed by atoms with Crippen LogP contribution in [0.15, 0.2) is 109 Å². The van der Waals surface area contributed by atoms with E-state index in [1.807, 2.05) is 0 Å². The van der Waals surface area contributed by atoms with Crippen molar-refractivity contribution in [1.29, 1.82) is 0 Å². The van der Waals surface area contributed by atoms with Crippen LogP contribution in [0.1, 0.15) is 226 Å². The summed E-state index contributed by atoms with van der Waals surface area (Å²) in [7, 11) is 0. The lowest BCUT2D eigenvalue weighted by atomic mass is 10.1. The molecule has 0 N–H and O–H groups in total. The molecule has 368 valence electrons. The molecule has 1 atom stereocenters. The van der Waals surface area contributed by atoms with Crippen LogP contribution in [0, 0.1) is 0 Å². The van der Waals surface area contributed by atoms with Crippen molar-refractivity contribution in [2.75, 3.05) is 13.2 Å². The van der Waals surface area contributed by atoms with E-state index in [1.54, 1.807) is 0 Å². The lowest BCUT2D eigenvalue weighted by Gasteiger charge is -2.18. The minimum Gasteiger partial charge on any atom is -0.462 e. The molecule has 0 aromatic rings. The van der Waals surface area contributed by atoms with Gasteiger partial charge in [0.1, 0.15) is 13.2 Å². The second-order valence-corrected chi connectivity index (χ2v) is 17.1. The molecule has 0 amide bonds. The highest BCUT2D eigenvalue weighted by Gasteiger charge is 2.19. The molecule has 65 heavy (non-hydrogen) atoms. The lowest BCUT2D eigenvalue weighted by Crippen LogP contribution is -2.30. The Labute approximate surface area is 400 Å². The van der Waals surface area contributed by atoms with E-state index in [0.717, 1.165) is 122 Å². The first-order valence-corrected chi connectivity index (χ1v) is 26.4.